The predicted octanol–water partition coefficient (Wildman–Crippen LogP) is 15.3. The minimum Gasteiger partial charge on any atom is -0.453 e. The van der Waals surface area contributed by atoms with E-state index in [-0.39, 0.29) is 0 Å². The van der Waals surface area contributed by atoms with Crippen molar-refractivity contribution in [1.82, 2.24) is 24.1 Å². The van der Waals surface area contributed by atoms with Crippen LogP contribution in [0.4, 0.5) is 0 Å². The lowest BCUT2D eigenvalue weighted by Gasteiger charge is -2.14. The van der Waals surface area contributed by atoms with E-state index in [1.54, 1.807) is 11.3 Å². The number of fused-ring (bicyclic) bond motifs is 13. The normalized spacial score (nSPS) is 12.1. The van der Waals surface area contributed by atoms with Crippen molar-refractivity contribution in [2.75, 3.05) is 0 Å². The van der Waals surface area contributed by atoms with Gasteiger partial charge in [-0.1, -0.05) is 170 Å². The zero-order valence-electron chi connectivity index (χ0n) is 34.1. The van der Waals surface area contributed by atoms with E-state index in [4.69, 9.17) is 19.4 Å². The van der Waals surface area contributed by atoms with Crippen LogP contribution in [-0.2, 0) is 0 Å². The van der Waals surface area contributed by atoms with Crippen LogP contribution in [-0.4, -0.2) is 24.1 Å². The van der Waals surface area contributed by atoms with Gasteiger partial charge >= 0.3 is 0 Å². The number of hydrogen-bond donors (Lipinski definition) is 0. The van der Waals surface area contributed by atoms with Crippen molar-refractivity contribution in [3.05, 3.63) is 200 Å². The third-order valence-corrected chi connectivity index (χ3v) is 13.9. The summed E-state index contributed by atoms with van der Waals surface area (Å²) in [6.07, 6.45) is 0. The molecule has 0 unspecified atom stereocenters. The fourth-order valence-corrected chi connectivity index (χ4v) is 11.2. The Hall–Kier alpha value is -8.39. The third-order valence-electron chi connectivity index (χ3n) is 12.8. The largest absolute Gasteiger partial charge is 0.453 e. The molecule has 14 aromatic rings. The molecule has 298 valence electrons. The summed E-state index contributed by atoms with van der Waals surface area (Å²) in [5.74, 6) is 1.78. The zero-order valence-corrected chi connectivity index (χ0v) is 34.9. The van der Waals surface area contributed by atoms with Crippen molar-refractivity contribution >= 4 is 97.1 Å². The molecule has 0 spiro atoms. The van der Waals surface area contributed by atoms with Gasteiger partial charge in [-0.05, 0) is 35.9 Å². The maximum Gasteiger partial charge on any atom is 0.238 e. The Bertz CT molecular complexity index is 4200. The first kappa shape index (κ1) is 35.2. The van der Waals surface area contributed by atoms with E-state index >= 15 is 0 Å². The fraction of sp³-hybridized carbons (Fsp3) is 0. The molecule has 0 amide bonds. The molecule has 0 atom stereocenters. The molecule has 64 heavy (non-hydrogen) atoms. The molecule has 0 saturated carbocycles. The summed E-state index contributed by atoms with van der Waals surface area (Å²) in [7, 11) is 0. The molecule has 14 rings (SSSR count). The van der Waals surface area contributed by atoms with Gasteiger partial charge in [-0.2, -0.15) is 9.97 Å². The second kappa shape index (κ2) is 13.6. The Labute approximate surface area is 369 Å². The highest BCUT2D eigenvalue weighted by atomic mass is 32.1. The van der Waals surface area contributed by atoms with Crippen LogP contribution in [0.3, 0.4) is 0 Å². The second-order valence-corrected chi connectivity index (χ2v) is 17.4. The maximum absolute atomic E-state index is 7.11. The topological polar surface area (TPSA) is 61.7 Å². The van der Waals surface area contributed by atoms with Crippen LogP contribution in [0, 0.1) is 0 Å². The van der Waals surface area contributed by atoms with Crippen LogP contribution in [0.25, 0.3) is 131 Å². The standard InChI is InChI=1S/C57H33N5OS/c1-3-16-34(17-4-1)36-23-13-24-41-42-25-14-29-47(54(42)63-53(36)41)61-45-27-10-7-20-37(45)39-32-33-40-38-21-8-11-28-46(38)62(52(40)51(39)61)57-59-55(35-18-5-2-6-19-35)58-56(60-57)44-26-15-31-49-50(44)43-22-9-12-30-48(43)64-49/h1-33H. The van der Waals surface area contributed by atoms with Gasteiger partial charge in [-0.25, -0.2) is 4.98 Å². The summed E-state index contributed by atoms with van der Waals surface area (Å²) in [4.78, 5) is 16.2. The van der Waals surface area contributed by atoms with Crippen LogP contribution in [0.15, 0.2) is 205 Å². The van der Waals surface area contributed by atoms with E-state index in [1.807, 2.05) is 18.2 Å². The quantitative estimate of drug-likeness (QED) is 0.173. The Kier molecular flexibility index (Phi) is 7.46. The van der Waals surface area contributed by atoms with Crippen molar-refractivity contribution < 1.29 is 4.42 Å². The first-order chi connectivity index (χ1) is 31.8. The summed E-state index contributed by atoms with van der Waals surface area (Å²) in [5.41, 5.74) is 10.9. The molecule has 6 nitrogen and oxygen atoms in total. The number of furan rings is 1. The summed E-state index contributed by atoms with van der Waals surface area (Å²) in [6.45, 7) is 0. The van der Waals surface area contributed by atoms with Gasteiger partial charge < -0.3 is 8.98 Å². The first-order valence-electron chi connectivity index (χ1n) is 21.4. The molecule has 5 aromatic heterocycles. The minimum absolute atomic E-state index is 0.547. The fourth-order valence-electron chi connectivity index (χ4n) is 10.0. The van der Waals surface area contributed by atoms with E-state index in [2.05, 4.69) is 191 Å². The van der Waals surface area contributed by atoms with E-state index in [1.165, 1.54) is 14.8 Å². The van der Waals surface area contributed by atoms with E-state index in [9.17, 15) is 0 Å². The zero-order chi connectivity index (χ0) is 41.9. The van der Waals surface area contributed by atoms with Crippen LogP contribution in [0.1, 0.15) is 0 Å². The van der Waals surface area contributed by atoms with Crippen molar-refractivity contribution in [3.8, 4) is 45.5 Å². The molecular formula is C57H33N5OS. The summed E-state index contributed by atoms with van der Waals surface area (Å²) in [5, 5.41) is 8.97. The van der Waals surface area contributed by atoms with E-state index in [0.717, 1.165) is 98.9 Å². The van der Waals surface area contributed by atoms with Gasteiger partial charge in [-0.3, -0.25) is 4.57 Å². The average molecular weight is 836 g/mol. The molecule has 0 bridgehead atoms. The van der Waals surface area contributed by atoms with E-state index < -0.39 is 0 Å². The van der Waals surface area contributed by atoms with Crippen molar-refractivity contribution in [3.63, 3.8) is 0 Å². The highest BCUT2D eigenvalue weighted by Crippen LogP contribution is 2.45. The number of rotatable bonds is 5. The maximum atomic E-state index is 7.11. The highest BCUT2D eigenvalue weighted by Gasteiger charge is 2.26. The van der Waals surface area contributed by atoms with E-state index in [0.29, 0.717) is 17.6 Å². The monoisotopic (exact) mass is 835 g/mol. The SMILES string of the molecule is c1ccc(-c2nc(-c3cccc4sc5ccccc5c34)nc(-n3c4ccccc4c4ccc5c6ccccc6n(-c6cccc7c6oc6c(-c8ccccc8)cccc67)c5c43)n2)cc1. The predicted molar refractivity (Wildman–Crippen MR) is 265 cm³/mol. The minimum atomic E-state index is 0.547. The average Bonchev–Trinajstić information content (AvgIpc) is 4.12. The molecule has 7 heteroatoms. The van der Waals surface area contributed by atoms with Gasteiger partial charge in [-0.15, -0.1) is 11.3 Å². The van der Waals surface area contributed by atoms with Gasteiger partial charge in [0.05, 0.1) is 27.8 Å². The number of hydrogen-bond acceptors (Lipinski definition) is 5. The van der Waals surface area contributed by atoms with Crippen molar-refractivity contribution in [1.29, 1.82) is 0 Å². The van der Waals surface area contributed by atoms with Gasteiger partial charge in [0.2, 0.25) is 5.95 Å². The highest BCUT2D eigenvalue weighted by molar-refractivity contribution is 7.25. The molecule has 0 fully saturated rings. The number of aromatic nitrogens is 5. The molecule has 9 aromatic carbocycles. The number of benzene rings is 9. The second-order valence-electron chi connectivity index (χ2n) is 16.3. The number of thiophene rings is 1. The molecule has 0 aliphatic heterocycles. The lowest BCUT2D eigenvalue weighted by molar-refractivity contribution is 0.667. The molecule has 0 aliphatic rings. The Balaban J connectivity index is 1.12. The van der Waals surface area contributed by atoms with Gasteiger partial charge in [0.1, 0.15) is 5.58 Å². The first-order valence-corrected chi connectivity index (χ1v) is 22.3. The van der Waals surface area contributed by atoms with Gasteiger partial charge in [0, 0.05) is 69.2 Å². The lowest BCUT2D eigenvalue weighted by Crippen LogP contribution is -2.07. The van der Waals surface area contributed by atoms with Gasteiger partial charge in [0.15, 0.2) is 17.2 Å². The Morgan fingerprint density at radius 3 is 1.67 bits per heavy atom. The summed E-state index contributed by atoms with van der Waals surface area (Å²) >= 11 is 1.79. The summed E-state index contributed by atoms with van der Waals surface area (Å²) < 4.78 is 14.2. The third kappa shape index (κ3) is 5.04. The molecule has 0 saturated heterocycles. The van der Waals surface area contributed by atoms with Crippen LogP contribution >= 0.6 is 11.3 Å². The van der Waals surface area contributed by atoms with Crippen molar-refractivity contribution in [2.24, 2.45) is 0 Å². The van der Waals surface area contributed by atoms with Crippen LogP contribution < -0.4 is 0 Å². The molecule has 0 N–H and O–H groups in total. The van der Waals surface area contributed by atoms with Gasteiger partial charge in [0.25, 0.3) is 0 Å². The molecular weight excluding hydrogens is 803 g/mol. The Morgan fingerprint density at radius 2 is 0.906 bits per heavy atom. The molecule has 0 radical (unpaired) electrons. The number of para-hydroxylation sites is 4. The molecule has 0 aliphatic carbocycles. The molecule has 5 heterocycles. The lowest BCUT2D eigenvalue weighted by atomic mass is 10.0. The Morgan fingerprint density at radius 1 is 0.359 bits per heavy atom. The van der Waals surface area contributed by atoms with Crippen LogP contribution in [0.2, 0.25) is 0 Å². The van der Waals surface area contributed by atoms with Crippen molar-refractivity contribution in [2.45, 2.75) is 0 Å². The number of nitrogens with zero attached hydrogens (tertiary/aromatic N) is 5. The smallest absolute Gasteiger partial charge is 0.238 e. The summed E-state index contributed by atoms with van der Waals surface area (Å²) in [6, 6.07) is 70.6. The van der Waals surface area contributed by atoms with Crippen LogP contribution in [0.5, 0.6) is 0 Å².